The molecule has 0 aliphatic heterocycles. The summed E-state index contributed by atoms with van der Waals surface area (Å²) in [6.45, 7) is 0. The molecule has 0 bridgehead atoms. The average molecular weight is 307 g/mol. The summed E-state index contributed by atoms with van der Waals surface area (Å²) in [5.74, 6) is 0.575. The minimum Gasteiger partial charge on any atom is -0.468 e. The molecule has 0 spiro atoms. The Labute approximate surface area is 129 Å². The van der Waals surface area contributed by atoms with Gasteiger partial charge in [0.1, 0.15) is 11.7 Å². The van der Waals surface area contributed by atoms with Gasteiger partial charge in [-0.1, -0.05) is 30.5 Å². The van der Waals surface area contributed by atoms with Gasteiger partial charge in [-0.2, -0.15) is 0 Å². The lowest BCUT2D eigenvalue weighted by molar-refractivity contribution is -0.144. The number of ether oxygens (including phenoxy) is 1. The summed E-state index contributed by atoms with van der Waals surface area (Å²) in [6, 6.07) is 5.65. The number of hydrogen-bond acceptors (Lipinski definition) is 3. The molecule has 4 nitrogen and oxygen atoms in total. The SMILES string of the molecule is COC(=O)C(c1nc2cccc(Cl)c2n1C)C1CCCC1. The minimum absolute atomic E-state index is 0.198. The third kappa shape index (κ3) is 2.42. The Balaban J connectivity index is 2.12. The molecule has 1 unspecified atom stereocenters. The quantitative estimate of drug-likeness (QED) is 0.813. The van der Waals surface area contributed by atoms with E-state index >= 15 is 0 Å². The van der Waals surface area contributed by atoms with Crippen molar-refractivity contribution in [2.75, 3.05) is 7.11 Å². The van der Waals surface area contributed by atoms with E-state index in [1.165, 1.54) is 20.0 Å². The average Bonchev–Trinajstić information content (AvgIpc) is 3.09. The van der Waals surface area contributed by atoms with Crippen LogP contribution in [0.5, 0.6) is 0 Å². The zero-order chi connectivity index (χ0) is 15.0. The van der Waals surface area contributed by atoms with Gasteiger partial charge in [-0.15, -0.1) is 0 Å². The van der Waals surface area contributed by atoms with Crippen molar-refractivity contribution in [2.45, 2.75) is 31.6 Å². The van der Waals surface area contributed by atoms with Gasteiger partial charge in [-0.25, -0.2) is 4.98 Å². The van der Waals surface area contributed by atoms with Crippen molar-refractivity contribution < 1.29 is 9.53 Å². The van der Waals surface area contributed by atoms with Crippen LogP contribution in [0.25, 0.3) is 11.0 Å². The van der Waals surface area contributed by atoms with Crippen LogP contribution >= 0.6 is 11.6 Å². The van der Waals surface area contributed by atoms with Crippen molar-refractivity contribution in [3.05, 3.63) is 29.0 Å². The summed E-state index contributed by atoms with van der Waals surface area (Å²) in [5, 5.41) is 0.656. The molecule has 1 aromatic heterocycles. The molecular weight excluding hydrogens is 288 g/mol. The Kier molecular flexibility index (Phi) is 3.89. The van der Waals surface area contributed by atoms with Crippen molar-refractivity contribution in [1.82, 2.24) is 9.55 Å². The first-order valence-electron chi connectivity index (χ1n) is 7.32. The van der Waals surface area contributed by atoms with Gasteiger partial charge in [-0.3, -0.25) is 4.79 Å². The van der Waals surface area contributed by atoms with Crippen LogP contribution in [-0.4, -0.2) is 22.6 Å². The predicted octanol–water partition coefficient (Wildman–Crippen LogP) is 3.67. The summed E-state index contributed by atoms with van der Waals surface area (Å²) in [4.78, 5) is 17.0. The molecule has 1 aromatic carbocycles. The van der Waals surface area contributed by atoms with E-state index in [0.717, 1.165) is 29.7 Å². The van der Waals surface area contributed by atoms with Crippen LogP contribution in [0, 0.1) is 5.92 Å². The molecule has 2 aromatic rings. The predicted molar refractivity (Wildman–Crippen MR) is 82.4 cm³/mol. The Bertz CT molecular complexity index is 674. The summed E-state index contributed by atoms with van der Waals surface area (Å²) in [7, 11) is 3.36. The monoisotopic (exact) mass is 306 g/mol. The van der Waals surface area contributed by atoms with Gasteiger partial charge in [0, 0.05) is 7.05 Å². The van der Waals surface area contributed by atoms with Crippen LogP contribution in [0.15, 0.2) is 18.2 Å². The van der Waals surface area contributed by atoms with E-state index in [1.54, 1.807) is 0 Å². The van der Waals surface area contributed by atoms with Gasteiger partial charge in [0.15, 0.2) is 0 Å². The van der Waals surface area contributed by atoms with E-state index in [9.17, 15) is 4.79 Å². The largest absolute Gasteiger partial charge is 0.468 e. The second kappa shape index (κ2) is 5.68. The normalized spacial score (nSPS) is 17.3. The van der Waals surface area contributed by atoms with Crippen molar-refractivity contribution in [3.63, 3.8) is 0 Å². The molecule has 21 heavy (non-hydrogen) atoms. The molecule has 1 saturated carbocycles. The highest BCUT2D eigenvalue weighted by Crippen LogP contribution is 2.39. The van der Waals surface area contributed by atoms with E-state index in [-0.39, 0.29) is 11.9 Å². The number of fused-ring (bicyclic) bond motifs is 1. The first-order chi connectivity index (χ1) is 10.1. The number of carbonyl (C=O) groups is 1. The van der Waals surface area contributed by atoms with Gasteiger partial charge < -0.3 is 9.30 Å². The number of rotatable bonds is 3. The molecule has 1 heterocycles. The van der Waals surface area contributed by atoms with Gasteiger partial charge in [0.2, 0.25) is 0 Å². The van der Waals surface area contributed by atoms with Crippen LogP contribution in [0.3, 0.4) is 0 Å². The molecule has 0 saturated heterocycles. The summed E-state index contributed by atoms with van der Waals surface area (Å²) in [6.07, 6.45) is 4.44. The van der Waals surface area contributed by atoms with E-state index in [2.05, 4.69) is 4.98 Å². The number of benzene rings is 1. The number of halogens is 1. The fourth-order valence-electron chi connectivity index (χ4n) is 3.44. The fraction of sp³-hybridized carbons (Fsp3) is 0.500. The van der Waals surface area contributed by atoms with Crippen molar-refractivity contribution in [1.29, 1.82) is 0 Å². The number of aryl methyl sites for hydroxylation is 1. The lowest BCUT2D eigenvalue weighted by Crippen LogP contribution is -2.24. The molecule has 1 atom stereocenters. The highest BCUT2D eigenvalue weighted by Gasteiger charge is 2.36. The summed E-state index contributed by atoms with van der Waals surface area (Å²) in [5.41, 5.74) is 1.70. The zero-order valence-corrected chi connectivity index (χ0v) is 13.1. The van der Waals surface area contributed by atoms with E-state index in [4.69, 9.17) is 16.3 Å². The highest BCUT2D eigenvalue weighted by molar-refractivity contribution is 6.35. The van der Waals surface area contributed by atoms with Crippen molar-refractivity contribution in [3.8, 4) is 0 Å². The van der Waals surface area contributed by atoms with Gasteiger partial charge >= 0.3 is 5.97 Å². The number of imidazole rings is 1. The van der Waals surface area contributed by atoms with Crippen molar-refractivity contribution >= 4 is 28.6 Å². The third-order valence-electron chi connectivity index (χ3n) is 4.48. The van der Waals surface area contributed by atoms with E-state index < -0.39 is 0 Å². The molecule has 1 aliphatic rings. The maximum atomic E-state index is 12.3. The fourth-order valence-corrected chi connectivity index (χ4v) is 3.74. The Hall–Kier alpha value is -1.55. The molecule has 0 radical (unpaired) electrons. The van der Waals surface area contributed by atoms with Gasteiger partial charge in [-0.05, 0) is 30.9 Å². The van der Waals surface area contributed by atoms with Crippen LogP contribution in [0.1, 0.15) is 37.4 Å². The lowest BCUT2D eigenvalue weighted by Gasteiger charge is -2.20. The molecular formula is C16H19ClN2O2. The third-order valence-corrected chi connectivity index (χ3v) is 4.79. The Morgan fingerprint density at radius 2 is 2.14 bits per heavy atom. The summed E-state index contributed by atoms with van der Waals surface area (Å²) < 4.78 is 6.98. The number of nitrogens with zero attached hydrogens (tertiary/aromatic N) is 2. The van der Waals surface area contributed by atoms with Gasteiger partial charge in [0.25, 0.3) is 0 Å². The molecule has 1 fully saturated rings. The molecule has 0 N–H and O–H groups in total. The Morgan fingerprint density at radius 3 is 2.76 bits per heavy atom. The highest BCUT2D eigenvalue weighted by atomic mass is 35.5. The molecule has 5 heteroatoms. The van der Waals surface area contributed by atoms with E-state index in [0.29, 0.717) is 10.9 Å². The summed E-state index contributed by atoms with van der Waals surface area (Å²) >= 11 is 6.28. The standard InChI is InChI=1S/C16H19ClN2O2/c1-19-14-11(17)8-5-9-12(14)18-15(19)13(16(20)21-2)10-6-3-4-7-10/h5,8-10,13H,3-4,6-7H2,1-2H3. The maximum absolute atomic E-state index is 12.3. The van der Waals surface area contributed by atoms with Crippen LogP contribution < -0.4 is 0 Å². The number of methoxy groups -OCH3 is 1. The number of para-hydroxylation sites is 1. The second-order valence-electron chi connectivity index (χ2n) is 5.68. The van der Waals surface area contributed by atoms with Crippen LogP contribution in [-0.2, 0) is 16.6 Å². The Morgan fingerprint density at radius 1 is 1.43 bits per heavy atom. The second-order valence-corrected chi connectivity index (χ2v) is 6.09. The first kappa shape index (κ1) is 14.4. The molecule has 3 rings (SSSR count). The zero-order valence-electron chi connectivity index (χ0n) is 12.3. The molecule has 112 valence electrons. The number of aromatic nitrogens is 2. The molecule has 1 aliphatic carbocycles. The van der Waals surface area contributed by atoms with Crippen molar-refractivity contribution in [2.24, 2.45) is 13.0 Å². The lowest BCUT2D eigenvalue weighted by atomic mass is 9.90. The molecule has 0 amide bonds. The number of esters is 1. The first-order valence-corrected chi connectivity index (χ1v) is 7.70. The smallest absolute Gasteiger partial charge is 0.316 e. The minimum atomic E-state index is -0.300. The topological polar surface area (TPSA) is 44.1 Å². The number of carbonyl (C=O) groups excluding carboxylic acids is 1. The maximum Gasteiger partial charge on any atom is 0.316 e. The van der Waals surface area contributed by atoms with E-state index in [1.807, 2.05) is 29.8 Å². The van der Waals surface area contributed by atoms with Crippen LogP contribution in [0.2, 0.25) is 5.02 Å². The van der Waals surface area contributed by atoms with Crippen LogP contribution in [0.4, 0.5) is 0 Å². The van der Waals surface area contributed by atoms with Gasteiger partial charge in [0.05, 0.1) is 23.2 Å². The number of hydrogen-bond donors (Lipinski definition) is 0.